The molecule has 0 saturated carbocycles. The van der Waals surface area contributed by atoms with Crippen molar-refractivity contribution in [3.8, 4) is 0 Å². The van der Waals surface area contributed by atoms with Crippen molar-refractivity contribution in [1.29, 1.82) is 0 Å². The number of nitrogens with zero attached hydrogens (tertiary/aromatic N) is 2. The highest BCUT2D eigenvalue weighted by Gasteiger charge is 2.12. The summed E-state index contributed by atoms with van der Waals surface area (Å²) in [6.45, 7) is 1.70. The van der Waals surface area contributed by atoms with Crippen LogP contribution in [0.1, 0.15) is 13.0 Å². The van der Waals surface area contributed by atoms with Gasteiger partial charge in [0.15, 0.2) is 5.84 Å². The van der Waals surface area contributed by atoms with E-state index >= 15 is 0 Å². The number of oxime groups is 1. The van der Waals surface area contributed by atoms with Crippen molar-refractivity contribution in [2.45, 2.75) is 13.0 Å². The van der Waals surface area contributed by atoms with E-state index in [1.807, 2.05) is 24.3 Å². The molecule has 0 aliphatic carbocycles. The highest BCUT2D eigenvalue weighted by atomic mass is 35.5. The van der Waals surface area contributed by atoms with Gasteiger partial charge in [-0.1, -0.05) is 23.4 Å². The molecule has 1 unspecified atom stereocenters. The molecule has 2 rings (SSSR count). The van der Waals surface area contributed by atoms with Gasteiger partial charge in [-0.15, -0.1) is 12.4 Å². The number of pyridine rings is 1. The minimum atomic E-state index is -0.475. The van der Waals surface area contributed by atoms with E-state index in [-0.39, 0.29) is 23.8 Å². The second kappa shape index (κ2) is 5.55. The van der Waals surface area contributed by atoms with Gasteiger partial charge in [0.1, 0.15) is 0 Å². The fraction of sp³-hybridized carbons (Fsp3) is 0.167. The zero-order valence-corrected chi connectivity index (χ0v) is 10.6. The van der Waals surface area contributed by atoms with Gasteiger partial charge in [0.05, 0.1) is 6.04 Å². The number of benzene rings is 1. The summed E-state index contributed by atoms with van der Waals surface area (Å²) in [5.74, 6) is 0.00220. The first-order chi connectivity index (χ1) is 8.15. The molecule has 1 aromatic carbocycles. The van der Waals surface area contributed by atoms with Crippen LogP contribution in [0.25, 0.3) is 10.8 Å². The van der Waals surface area contributed by atoms with Crippen LogP contribution >= 0.6 is 12.4 Å². The minimum absolute atomic E-state index is 0. The summed E-state index contributed by atoms with van der Waals surface area (Å²) < 4.78 is 1.44. The van der Waals surface area contributed by atoms with Crippen LogP contribution in [0.15, 0.2) is 46.5 Å². The summed E-state index contributed by atoms with van der Waals surface area (Å²) in [7, 11) is 0. The van der Waals surface area contributed by atoms with Gasteiger partial charge in [-0.2, -0.15) is 0 Å². The molecule has 2 aromatic rings. The van der Waals surface area contributed by atoms with Gasteiger partial charge in [0, 0.05) is 11.6 Å². The van der Waals surface area contributed by atoms with Gasteiger partial charge in [0.2, 0.25) is 0 Å². The van der Waals surface area contributed by atoms with Crippen molar-refractivity contribution in [1.82, 2.24) is 4.57 Å². The normalized spacial score (nSPS) is 13.1. The average molecular weight is 268 g/mol. The summed E-state index contributed by atoms with van der Waals surface area (Å²) in [5.41, 5.74) is 5.35. The Bertz CT molecular complexity index is 637. The maximum Gasteiger partial charge on any atom is 0.259 e. The fourth-order valence-electron chi connectivity index (χ4n) is 1.74. The standard InChI is InChI=1S/C12H13N3O2.ClH/c1-8(11(13)14-17)15-7-6-9-4-2-3-5-10(9)12(15)16;/h2-8,17H,1H3,(H2,13,14);1H. The van der Waals surface area contributed by atoms with Crippen molar-refractivity contribution in [2.24, 2.45) is 10.9 Å². The predicted molar refractivity (Wildman–Crippen MR) is 73.6 cm³/mol. The van der Waals surface area contributed by atoms with Gasteiger partial charge in [0.25, 0.3) is 5.56 Å². The van der Waals surface area contributed by atoms with Crippen LogP contribution in [-0.2, 0) is 0 Å². The molecule has 0 spiro atoms. The molecule has 0 saturated heterocycles. The Kier molecular flexibility index (Phi) is 4.33. The van der Waals surface area contributed by atoms with Gasteiger partial charge in [-0.05, 0) is 24.4 Å². The van der Waals surface area contributed by atoms with Crippen molar-refractivity contribution in [3.05, 3.63) is 46.9 Å². The third kappa shape index (κ3) is 2.31. The molecule has 5 nitrogen and oxygen atoms in total. The molecule has 1 atom stereocenters. The van der Waals surface area contributed by atoms with Crippen molar-refractivity contribution < 1.29 is 5.21 Å². The van der Waals surface area contributed by atoms with Gasteiger partial charge in [-0.3, -0.25) is 4.79 Å². The molecule has 0 aliphatic rings. The van der Waals surface area contributed by atoms with Crippen LogP contribution in [0.4, 0.5) is 0 Å². The number of rotatable bonds is 2. The highest BCUT2D eigenvalue weighted by molar-refractivity contribution is 5.85. The van der Waals surface area contributed by atoms with Crippen molar-refractivity contribution in [2.75, 3.05) is 0 Å². The number of aromatic nitrogens is 1. The third-order valence-corrected chi connectivity index (χ3v) is 2.80. The van der Waals surface area contributed by atoms with E-state index in [1.54, 1.807) is 19.2 Å². The van der Waals surface area contributed by atoms with E-state index in [0.29, 0.717) is 5.39 Å². The van der Waals surface area contributed by atoms with Crippen LogP contribution in [0, 0.1) is 0 Å². The SMILES string of the molecule is CC(/C(N)=N/O)n1ccc2ccccc2c1=O.Cl. The van der Waals surface area contributed by atoms with Gasteiger partial charge >= 0.3 is 0 Å². The molecule has 0 radical (unpaired) electrons. The Morgan fingerprint density at radius 3 is 2.72 bits per heavy atom. The molecule has 96 valence electrons. The molecule has 1 aromatic heterocycles. The van der Waals surface area contributed by atoms with Gasteiger partial charge in [-0.25, -0.2) is 0 Å². The maximum absolute atomic E-state index is 12.2. The monoisotopic (exact) mass is 267 g/mol. The second-order valence-electron chi connectivity index (χ2n) is 3.82. The highest BCUT2D eigenvalue weighted by Crippen LogP contribution is 2.11. The van der Waals surface area contributed by atoms with Crippen LogP contribution in [0.2, 0.25) is 0 Å². The summed E-state index contributed by atoms with van der Waals surface area (Å²) >= 11 is 0. The average Bonchev–Trinajstić information content (AvgIpc) is 2.38. The van der Waals surface area contributed by atoms with E-state index in [1.165, 1.54) is 4.57 Å². The zero-order chi connectivity index (χ0) is 12.4. The predicted octanol–water partition coefficient (Wildman–Crippen LogP) is 1.73. The molecule has 6 heteroatoms. The van der Waals surface area contributed by atoms with E-state index in [2.05, 4.69) is 5.16 Å². The molecule has 0 bridgehead atoms. The zero-order valence-electron chi connectivity index (χ0n) is 9.78. The Morgan fingerprint density at radius 2 is 2.06 bits per heavy atom. The van der Waals surface area contributed by atoms with Crippen molar-refractivity contribution in [3.63, 3.8) is 0 Å². The smallest absolute Gasteiger partial charge is 0.259 e. The Labute approximate surface area is 110 Å². The molecule has 18 heavy (non-hydrogen) atoms. The molecule has 0 aliphatic heterocycles. The number of hydrogen-bond donors (Lipinski definition) is 2. The van der Waals surface area contributed by atoms with Crippen LogP contribution in [-0.4, -0.2) is 15.6 Å². The summed E-state index contributed by atoms with van der Waals surface area (Å²) in [5, 5.41) is 13.0. The molecule has 1 heterocycles. The molecular weight excluding hydrogens is 254 g/mol. The Hall–Kier alpha value is -2.01. The van der Waals surface area contributed by atoms with E-state index in [0.717, 1.165) is 5.39 Å². The lowest BCUT2D eigenvalue weighted by atomic mass is 10.1. The quantitative estimate of drug-likeness (QED) is 0.376. The topological polar surface area (TPSA) is 80.6 Å². The van der Waals surface area contributed by atoms with Crippen molar-refractivity contribution >= 4 is 29.0 Å². The first kappa shape index (κ1) is 14.1. The summed E-state index contributed by atoms with van der Waals surface area (Å²) in [6.07, 6.45) is 1.65. The first-order valence-corrected chi connectivity index (χ1v) is 5.22. The molecule has 0 amide bonds. The molecular formula is C12H14ClN3O2. The lowest BCUT2D eigenvalue weighted by Crippen LogP contribution is -2.31. The minimum Gasteiger partial charge on any atom is -0.409 e. The summed E-state index contributed by atoms with van der Waals surface area (Å²) in [6, 6.07) is 8.67. The number of fused-ring (bicyclic) bond motifs is 1. The summed E-state index contributed by atoms with van der Waals surface area (Å²) in [4.78, 5) is 12.2. The largest absolute Gasteiger partial charge is 0.409 e. The number of halogens is 1. The van der Waals surface area contributed by atoms with E-state index < -0.39 is 6.04 Å². The first-order valence-electron chi connectivity index (χ1n) is 5.22. The Balaban J connectivity index is 0.00000162. The van der Waals surface area contributed by atoms with Gasteiger partial charge < -0.3 is 15.5 Å². The van der Waals surface area contributed by atoms with Crippen LogP contribution in [0.3, 0.4) is 0 Å². The van der Waals surface area contributed by atoms with Crippen LogP contribution < -0.4 is 11.3 Å². The Morgan fingerprint density at radius 1 is 1.39 bits per heavy atom. The second-order valence-corrected chi connectivity index (χ2v) is 3.82. The number of amidine groups is 1. The third-order valence-electron chi connectivity index (χ3n) is 2.80. The number of nitrogens with two attached hydrogens (primary N) is 1. The lowest BCUT2D eigenvalue weighted by Gasteiger charge is -2.13. The maximum atomic E-state index is 12.2. The van der Waals surface area contributed by atoms with Crippen LogP contribution in [0.5, 0.6) is 0 Å². The lowest BCUT2D eigenvalue weighted by molar-refractivity contribution is 0.314. The van der Waals surface area contributed by atoms with E-state index in [9.17, 15) is 4.79 Å². The van der Waals surface area contributed by atoms with E-state index in [4.69, 9.17) is 10.9 Å². The molecule has 0 fully saturated rings. The molecule has 3 N–H and O–H groups in total. The fourth-order valence-corrected chi connectivity index (χ4v) is 1.74. The number of hydrogen-bond acceptors (Lipinski definition) is 3.